The van der Waals surface area contributed by atoms with E-state index in [1.165, 1.54) is 6.20 Å². The van der Waals surface area contributed by atoms with E-state index >= 15 is 0 Å². The number of hydrogen-bond donors (Lipinski definition) is 2. The SMILES string of the molecule is CCOC(=O)c1ncccc1NC(=S)OCCCO. The fraction of sp³-hybridized carbons (Fsp3) is 0.417. The first-order chi connectivity index (χ1) is 9.19. The van der Waals surface area contributed by atoms with Crippen molar-refractivity contribution in [3.05, 3.63) is 24.0 Å². The molecular weight excluding hydrogens is 268 g/mol. The molecule has 0 radical (unpaired) electrons. The molecule has 0 aliphatic heterocycles. The molecule has 0 unspecified atom stereocenters. The smallest absolute Gasteiger partial charge is 0.359 e. The maximum absolute atomic E-state index is 11.7. The van der Waals surface area contributed by atoms with Crippen LogP contribution >= 0.6 is 12.2 Å². The summed E-state index contributed by atoms with van der Waals surface area (Å²) in [5, 5.41) is 11.5. The predicted molar refractivity (Wildman–Crippen MR) is 74.1 cm³/mol. The van der Waals surface area contributed by atoms with Crippen LogP contribution in [0, 0.1) is 0 Å². The number of carbonyl (C=O) groups excluding carboxylic acids is 1. The summed E-state index contributed by atoms with van der Waals surface area (Å²) in [4.78, 5) is 15.6. The van der Waals surface area contributed by atoms with Gasteiger partial charge in [0.1, 0.15) is 0 Å². The Morgan fingerprint density at radius 3 is 3.00 bits per heavy atom. The highest BCUT2D eigenvalue weighted by molar-refractivity contribution is 7.80. The third-order valence-corrected chi connectivity index (χ3v) is 2.27. The van der Waals surface area contributed by atoms with E-state index in [4.69, 9.17) is 26.8 Å². The van der Waals surface area contributed by atoms with E-state index < -0.39 is 5.97 Å². The first kappa shape index (κ1) is 15.3. The summed E-state index contributed by atoms with van der Waals surface area (Å²) >= 11 is 4.97. The number of pyridine rings is 1. The van der Waals surface area contributed by atoms with Gasteiger partial charge in [-0.3, -0.25) is 0 Å². The van der Waals surface area contributed by atoms with Gasteiger partial charge in [-0.05, 0) is 31.3 Å². The average Bonchev–Trinajstić information content (AvgIpc) is 2.40. The van der Waals surface area contributed by atoms with Crippen LogP contribution in [0.3, 0.4) is 0 Å². The third-order valence-electron chi connectivity index (χ3n) is 2.05. The number of aliphatic hydroxyl groups excluding tert-OH is 1. The Hall–Kier alpha value is -1.73. The van der Waals surface area contributed by atoms with Crippen LogP contribution in [-0.4, -0.2) is 41.1 Å². The van der Waals surface area contributed by atoms with E-state index in [1.54, 1.807) is 19.1 Å². The van der Waals surface area contributed by atoms with Gasteiger partial charge in [-0.2, -0.15) is 0 Å². The Balaban J connectivity index is 2.67. The Kier molecular flexibility index (Phi) is 6.76. The molecule has 104 valence electrons. The van der Waals surface area contributed by atoms with Crippen LogP contribution in [0.25, 0.3) is 0 Å². The first-order valence-corrected chi connectivity index (χ1v) is 6.26. The zero-order valence-corrected chi connectivity index (χ0v) is 11.4. The monoisotopic (exact) mass is 284 g/mol. The molecule has 1 aromatic heterocycles. The zero-order chi connectivity index (χ0) is 14.1. The second-order valence-electron chi connectivity index (χ2n) is 3.46. The molecule has 0 aromatic carbocycles. The lowest BCUT2D eigenvalue weighted by Gasteiger charge is -2.11. The molecule has 0 bridgehead atoms. The van der Waals surface area contributed by atoms with Crippen LogP contribution in [0.5, 0.6) is 0 Å². The van der Waals surface area contributed by atoms with Crippen LogP contribution in [0.4, 0.5) is 5.69 Å². The fourth-order valence-corrected chi connectivity index (χ4v) is 1.44. The van der Waals surface area contributed by atoms with Gasteiger partial charge in [0.05, 0.1) is 18.9 Å². The van der Waals surface area contributed by atoms with Crippen molar-refractivity contribution in [1.29, 1.82) is 0 Å². The van der Waals surface area contributed by atoms with Gasteiger partial charge in [0, 0.05) is 19.2 Å². The number of nitrogens with one attached hydrogen (secondary N) is 1. The average molecular weight is 284 g/mol. The maximum atomic E-state index is 11.7. The normalized spacial score (nSPS) is 9.79. The van der Waals surface area contributed by atoms with Crippen molar-refractivity contribution < 1.29 is 19.4 Å². The predicted octanol–water partition coefficient (Wildman–Crippen LogP) is 1.35. The minimum Gasteiger partial charge on any atom is -0.471 e. The highest BCUT2D eigenvalue weighted by atomic mass is 32.1. The molecule has 0 fully saturated rings. The van der Waals surface area contributed by atoms with E-state index in [-0.39, 0.29) is 24.1 Å². The van der Waals surface area contributed by atoms with Gasteiger partial charge in [0.15, 0.2) is 5.69 Å². The number of hydrogen-bond acceptors (Lipinski definition) is 6. The van der Waals surface area contributed by atoms with Gasteiger partial charge in [-0.25, -0.2) is 9.78 Å². The van der Waals surface area contributed by atoms with Crippen molar-refractivity contribution in [2.75, 3.05) is 25.1 Å². The molecule has 0 aliphatic rings. The van der Waals surface area contributed by atoms with Gasteiger partial charge < -0.3 is 19.9 Å². The van der Waals surface area contributed by atoms with Gasteiger partial charge >= 0.3 is 5.97 Å². The number of aromatic nitrogens is 1. The summed E-state index contributed by atoms with van der Waals surface area (Å²) in [5.74, 6) is -0.524. The number of carbonyl (C=O) groups is 1. The molecule has 1 rings (SSSR count). The minimum absolute atomic E-state index is 0.0313. The number of ether oxygens (including phenoxy) is 2. The Morgan fingerprint density at radius 1 is 1.53 bits per heavy atom. The topological polar surface area (TPSA) is 80.7 Å². The molecule has 19 heavy (non-hydrogen) atoms. The molecule has 0 atom stereocenters. The second-order valence-corrected chi connectivity index (χ2v) is 3.83. The highest BCUT2D eigenvalue weighted by Gasteiger charge is 2.14. The molecule has 0 saturated heterocycles. The summed E-state index contributed by atoms with van der Waals surface area (Å²) in [6.07, 6.45) is 1.98. The first-order valence-electron chi connectivity index (χ1n) is 5.85. The van der Waals surface area contributed by atoms with E-state index in [1.807, 2.05) is 0 Å². The lowest BCUT2D eigenvalue weighted by molar-refractivity contribution is 0.0521. The van der Waals surface area contributed by atoms with E-state index in [9.17, 15) is 4.79 Å². The van der Waals surface area contributed by atoms with Crippen molar-refractivity contribution in [3.8, 4) is 0 Å². The molecular formula is C12H16N2O4S. The van der Waals surface area contributed by atoms with Crippen molar-refractivity contribution in [2.45, 2.75) is 13.3 Å². The Morgan fingerprint density at radius 2 is 2.32 bits per heavy atom. The Labute approximate surface area is 116 Å². The van der Waals surface area contributed by atoms with Crippen molar-refractivity contribution >= 4 is 29.0 Å². The summed E-state index contributed by atoms with van der Waals surface area (Å²) in [7, 11) is 0. The number of anilines is 1. The van der Waals surface area contributed by atoms with Gasteiger partial charge in [-0.1, -0.05) is 0 Å². The summed E-state index contributed by atoms with van der Waals surface area (Å²) < 4.78 is 10.1. The van der Waals surface area contributed by atoms with Gasteiger partial charge in [0.2, 0.25) is 0 Å². The summed E-state index contributed by atoms with van der Waals surface area (Å²) in [6.45, 7) is 2.32. The number of esters is 1. The standard InChI is InChI=1S/C12H16N2O4S/c1-2-17-11(16)10-9(5-3-6-13-10)14-12(19)18-8-4-7-15/h3,5-6,15H,2,4,7-8H2,1H3,(H,14,19). The number of nitrogens with zero attached hydrogens (tertiary/aromatic N) is 1. The van der Waals surface area contributed by atoms with Crippen molar-refractivity contribution in [3.63, 3.8) is 0 Å². The van der Waals surface area contributed by atoms with E-state index in [2.05, 4.69) is 10.3 Å². The van der Waals surface area contributed by atoms with E-state index in [0.29, 0.717) is 18.7 Å². The summed E-state index contributed by atoms with van der Waals surface area (Å²) in [5.41, 5.74) is 0.576. The van der Waals surface area contributed by atoms with Gasteiger partial charge in [-0.15, -0.1) is 0 Å². The third kappa shape index (κ3) is 5.19. The maximum Gasteiger partial charge on any atom is 0.359 e. The van der Waals surface area contributed by atoms with Crippen LogP contribution in [0.2, 0.25) is 0 Å². The van der Waals surface area contributed by atoms with Crippen molar-refractivity contribution in [2.24, 2.45) is 0 Å². The van der Waals surface area contributed by atoms with Crippen LogP contribution in [-0.2, 0) is 9.47 Å². The quantitative estimate of drug-likeness (QED) is 0.463. The molecule has 7 heteroatoms. The fourth-order valence-electron chi connectivity index (χ4n) is 1.24. The zero-order valence-electron chi connectivity index (χ0n) is 10.6. The van der Waals surface area contributed by atoms with Crippen LogP contribution in [0.1, 0.15) is 23.8 Å². The lowest BCUT2D eigenvalue weighted by Crippen LogP contribution is -2.18. The molecule has 2 N–H and O–H groups in total. The van der Waals surface area contributed by atoms with Crippen LogP contribution < -0.4 is 5.32 Å². The highest BCUT2D eigenvalue weighted by Crippen LogP contribution is 2.13. The molecule has 0 aliphatic carbocycles. The number of aliphatic hydroxyl groups is 1. The van der Waals surface area contributed by atoms with E-state index in [0.717, 1.165) is 0 Å². The number of thiocarbonyl (C=S) groups is 1. The molecule has 0 spiro atoms. The molecule has 0 amide bonds. The lowest BCUT2D eigenvalue weighted by atomic mass is 10.3. The van der Waals surface area contributed by atoms with Crippen molar-refractivity contribution in [1.82, 2.24) is 4.98 Å². The molecule has 1 aromatic rings. The Bertz CT molecular complexity index is 439. The van der Waals surface area contributed by atoms with Gasteiger partial charge in [0.25, 0.3) is 5.17 Å². The van der Waals surface area contributed by atoms with Crippen LogP contribution in [0.15, 0.2) is 18.3 Å². The molecule has 6 nitrogen and oxygen atoms in total. The second kappa shape index (κ2) is 8.39. The summed E-state index contributed by atoms with van der Waals surface area (Å²) in [6, 6.07) is 3.32. The number of rotatable bonds is 6. The molecule has 1 heterocycles. The molecule has 0 saturated carbocycles. The minimum atomic E-state index is -0.524. The largest absolute Gasteiger partial charge is 0.471 e.